The van der Waals surface area contributed by atoms with Gasteiger partial charge in [0.2, 0.25) is 0 Å². The van der Waals surface area contributed by atoms with Crippen LogP contribution >= 0.6 is 12.2 Å². The van der Waals surface area contributed by atoms with E-state index in [4.69, 9.17) is 17.0 Å². The lowest BCUT2D eigenvalue weighted by Crippen LogP contribution is -2.38. The van der Waals surface area contributed by atoms with E-state index in [1.807, 2.05) is 36.4 Å². The molecule has 0 unspecified atom stereocenters. The predicted molar refractivity (Wildman–Crippen MR) is 99.2 cm³/mol. The van der Waals surface area contributed by atoms with E-state index in [1.165, 1.54) is 17.4 Å². The van der Waals surface area contributed by atoms with Gasteiger partial charge in [0.15, 0.2) is 5.11 Å². The van der Waals surface area contributed by atoms with Gasteiger partial charge in [0.25, 0.3) is 0 Å². The van der Waals surface area contributed by atoms with Crippen LogP contribution in [0, 0.1) is 0 Å². The first kappa shape index (κ1) is 17.0. The van der Waals surface area contributed by atoms with E-state index in [0.717, 1.165) is 13.0 Å². The minimum absolute atomic E-state index is 0.0295. The third-order valence-corrected chi connectivity index (χ3v) is 3.65. The summed E-state index contributed by atoms with van der Waals surface area (Å²) in [5.41, 5.74) is 2.36. The zero-order valence-electron chi connectivity index (χ0n) is 13.1. The molecule has 0 aliphatic rings. The normalized spacial score (nSPS) is 10.1. The summed E-state index contributed by atoms with van der Waals surface area (Å²) < 4.78 is 5.10. The van der Waals surface area contributed by atoms with Crippen molar-refractivity contribution in [2.24, 2.45) is 0 Å². The van der Waals surface area contributed by atoms with Gasteiger partial charge in [-0.15, -0.1) is 0 Å². The summed E-state index contributed by atoms with van der Waals surface area (Å²) in [7, 11) is 0. The largest absolute Gasteiger partial charge is 0.502 e. The Hall–Kier alpha value is -2.33. The highest BCUT2D eigenvalue weighted by Gasteiger charge is 2.14. The highest BCUT2D eigenvalue weighted by Crippen LogP contribution is 2.21. The molecule has 0 saturated carbocycles. The maximum absolute atomic E-state index is 5.43. The van der Waals surface area contributed by atoms with Gasteiger partial charge in [0.05, 0.1) is 18.9 Å². The summed E-state index contributed by atoms with van der Waals surface area (Å²) in [5, 5.41) is 7.26. The van der Waals surface area contributed by atoms with Crippen molar-refractivity contribution < 1.29 is 4.74 Å². The summed E-state index contributed by atoms with van der Waals surface area (Å²) in [5.74, 6) is 0. The molecule has 0 saturated heterocycles. The van der Waals surface area contributed by atoms with Crippen LogP contribution < -0.4 is 10.6 Å². The number of nitrogens with one attached hydrogen (secondary N) is 2. The molecule has 0 aliphatic heterocycles. The van der Waals surface area contributed by atoms with Crippen LogP contribution in [0.3, 0.4) is 0 Å². The molecule has 0 amide bonds. The number of benzene rings is 2. The minimum Gasteiger partial charge on any atom is -0.502 e. The van der Waals surface area contributed by atoms with E-state index in [9.17, 15) is 0 Å². The van der Waals surface area contributed by atoms with Crippen LogP contribution in [-0.4, -0.2) is 18.3 Å². The van der Waals surface area contributed by atoms with Crippen molar-refractivity contribution in [2.75, 3.05) is 13.2 Å². The van der Waals surface area contributed by atoms with Crippen LogP contribution in [0.4, 0.5) is 0 Å². The van der Waals surface area contributed by atoms with E-state index in [1.54, 1.807) is 0 Å². The second-order valence-corrected chi connectivity index (χ2v) is 5.45. The van der Waals surface area contributed by atoms with Gasteiger partial charge in [-0.05, 0) is 29.8 Å². The van der Waals surface area contributed by atoms with Gasteiger partial charge in [-0.2, -0.15) is 0 Å². The lowest BCUT2D eigenvalue weighted by atomic mass is 9.99. The quantitative estimate of drug-likeness (QED) is 0.439. The predicted octanol–water partition coefficient (Wildman–Crippen LogP) is 3.79. The molecule has 2 N–H and O–H groups in total. The molecule has 23 heavy (non-hydrogen) atoms. The van der Waals surface area contributed by atoms with Crippen LogP contribution in [0.15, 0.2) is 73.5 Å². The SMILES string of the molecule is C=COCCCNC(=S)NC(c1ccccc1)c1ccccc1. The Labute approximate surface area is 143 Å². The monoisotopic (exact) mass is 326 g/mol. The maximum atomic E-state index is 5.43. The molecule has 4 heteroatoms. The van der Waals surface area contributed by atoms with Crippen LogP contribution in [0.25, 0.3) is 0 Å². The Bertz CT molecular complexity index is 562. The van der Waals surface area contributed by atoms with E-state index in [-0.39, 0.29) is 6.04 Å². The summed E-state index contributed by atoms with van der Waals surface area (Å²) in [6.45, 7) is 4.92. The van der Waals surface area contributed by atoms with Gasteiger partial charge < -0.3 is 15.4 Å². The average Bonchev–Trinajstić information content (AvgIpc) is 2.61. The average molecular weight is 326 g/mol. The van der Waals surface area contributed by atoms with Crippen molar-refractivity contribution >= 4 is 17.3 Å². The fraction of sp³-hybridized carbons (Fsp3) is 0.211. The molecular weight excluding hydrogens is 304 g/mol. The first-order chi connectivity index (χ1) is 11.3. The van der Waals surface area contributed by atoms with Crippen molar-refractivity contribution in [3.63, 3.8) is 0 Å². The first-order valence-corrected chi connectivity index (χ1v) is 8.09. The molecule has 2 aromatic rings. The van der Waals surface area contributed by atoms with Crippen molar-refractivity contribution in [3.05, 3.63) is 84.6 Å². The number of thiocarbonyl (C=S) groups is 1. The van der Waals surface area contributed by atoms with E-state index in [2.05, 4.69) is 41.5 Å². The van der Waals surface area contributed by atoms with Crippen molar-refractivity contribution in [1.82, 2.24) is 10.6 Å². The Morgan fingerprint density at radius 1 is 1.04 bits per heavy atom. The molecular formula is C19H22N2OS. The Kier molecular flexibility index (Phi) is 7.14. The maximum Gasteiger partial charge on any atom is 0.167 e. The smallest absolute Gasteiger partial charge is 0.167 e. The molecule has 0 heterocycles. The van der Waals surface area contributed by atoms with Gasteiger partial charge in [-0.3, -0.25) is 0 Å². The van der Waals surface area contributed by atoms with Crippen LogP contribution in [0.2, 0.25) is 0 Å². The lowest BCUT2D eigenvalue weighted by Gasteiger charge is -2.22. The zero-order chi connectivity index (χ0) is 16.3. The summed E-state index contributed by atoms with van der Waals surface area (Å²) in [6.07, 6.45) is 2.33. The van der Waals surface area contributed by atoms with Crippen molar-refractivity contribution in [2.45, 2.75) is 12.5 Å². The number of ether oxygens (including phenoxy) is 1. The molecule has 0 spiro atoms. The fourth-order valence-electron chi connectivity index (χ4n) is 2.27. The molecule has 2 rings (SSSR count). The number of rotatable bonds is 8. The molecule has 0 fully saturated rings. The highest BCUT2D eigenvalue weighted by molar-refractivity contribution is 7.80. The topological polar surface area (TPSA) is 33.3 Å². The lowest BCUT2D eigenvalue weighted by molar-refractivity contribution is 0.246. The summed E-state index contributed by atoms with van der Waals surface area (Å²) in [4.78, 5) is 0. The van der Waals surface area contributed by atoms with Crippen molar-refractivity contribution in [1.29, 1.82) is 0 Å². The number of hydrogen-bond donors (Lipinski definition) is 2. The van der Waals surface area contributed by atoms with E-state index in [0.29, 0.717) is 11.7 Å². The molecule has 0 bridgehead atoms. The second-order valence-electron chi connectivity index (χ2n) is 5.05. The second kappa shape index (κ2) is 9.64. The van der Waals surface area contributed by atoms with E-state index >= 15 is 0 Å². The van der Waals surface area contributed by atoms with Crippen molar-refractivity contribution in [3.8, 4) is 0 Å². The fourth-order valence-corrected chi connectivity index (χ4v) is 2.49. The van der Waals surface area contributed by atoms with Gasteiger partial charge >= 0.3 is 0 Å². The Balaban J connectivity index is 1.98. The third-order valence-electron chi connectivity index (χ3n) is 3.38. The zero-order valence-corrected chi connectivity index (χ0v) is 13.9. The highest BCUT2D eigenvalue weighted by atomic mass is 32.1. The van der Waals surface area contributed by atoms with Crippen LogP contribution in [0.5, 0.6) is 0 Å². The van der Waals surface area contributed by atoms with Gasteiger partial charge in [0.1, 0.15) is 0 Å². The van der Waals surface area contributed by atoms with Gasteiger partial charge in [-0.1, -0.05) is 67.2 Å². The molecule has 2 aromatic carbocycles. The molecule has 0 atom stereocenters. The first-order valence-electron chi connectivity index (χ1n) is 7.68. The third kappa shape index (κ3) is 5.75. The summed E-state index contributed by atoms with van der Waals surface area (Å²) >= 11 is 5.43. The molecule has 0 aliphatic carbocycles. The Morgan fingerprint density at radius 3 is 2.13 bits per heavy atom. The minimum atomic E-state index is 0.0295. The molecule has 3 nitrogen and oxygen atoms in total. The van der Waals surface area contributed by atoms with E-state index < -0.39 is 0 Å². The molecule has 120 valence electrons. The van der Waals surface area contributed by atoms with Crippen LogP contribution in [-0.2, 0) is 4.74 Å². The summed E-state index contributed by atoms with van der Waals surface area (Å²) in [6, 6.07) is 20.6. The van der Waals surface area contributed by atoms with Crippen LogP contribution in [0.1, 0.15) is 23.6 Å². The molecule has 0 radical (unpaired) electrons. The van der Waals surface area contributed by atoms with Gasteiger partial charge in [0, 0.05) is 6.54 Å². The number of hydrogen-bond acceptors (Lipinski definition) is 2. The standard InChI is InChI=1S/C19H22N2OS/c1-2-22-15-9-14-20-19(23)21-18(16-10-5-3-6-11-16)17-12-7-4-8-13-17/h2-8,10-13,18H,1,9,14-15H2,(H2,20,21,23). The Morgan fingerprint density at radius 2 is 1.61 bits per heavy atom. The molecule has 0 aromatic heterocycles. The van der Waals surface area contributed by atoms with Gasteiger partial charge in [-0.25, -0.2) is 0 Å².